The molecule has 12 heteroatoms. The Morgan fingerprint density at radius 1 is 1.11 bits per heavy atom. The summed E-state index contributed by atoms with van der Waals surface area (Å²) in [5.74, 6) is 1.11. The fraction of sp³-hybridized carbons (Fsp3) is 0.412. The lowest BCUT2D eigenvalue weighted by Crippen LogP contribution is -2.57. The third kappa shape index (κ3) is 4.92. The lowest BCUT2D eigenvalue weighted by atomic mass is 10.00. The number of aryl methyl sites for hydroxylation is 2. The number of pyridine rings is 2. The molecule has 1 amide bonds. The Labute approximate surface area is 266 Å². The number of fused-ring (bicyclic) bond motifs is 3. The summed E-state index contributed by atoms with van der Waals surface area (Å²) < 4.78 is 13.9. The van der Waals surface area contributed by atoms with E-state index < -0.39 is 11.3 Å². The van der Waals surface area contributed by atoms with E-state index in [1.165, 1.54) is 0 Å². The Balaban J connectivity index is 1.47. The van der Waals surface area contributed by atoms with E-state index >= 15 is 0 Å². The first-order chi connectivity index (χ1) is 21.9. The van der Waals surface area contributed by atoms with Gasteiger partial charge in [-0.3, -0.25) is 10.1 Å². The van der Waals surface area contributed by atoms with Crippen LogP contribution in [0.15, 0.2) is 41.5 Å². The number of aromatic amines is 1. The van der Waals surface area contributed by atoms with Crippen molar-refractivity contribution < 1.29 is 14.3 Å². The fourth-order valence-electron chi connectivity index (χ4n) is 6.53. The average Bonchev–Trinajstić information content (AvgIpc) is 3.41. The molecule has 0 unspecified atom stereocenters. The van der Waals surface area contributed by atoms with Gasteiger partial charge < -0.3 is 19.3 Å². The zero-order valence-electron chi connectivity index (χ0n) is 27.2. The smallest absolute Gasteiger partial charge is 0.410 e. The van der Waals surface area contributed by atoms with Crippen molar-refractivity contribution in [1.29, 1.82) is 0 Å². The predicted molar refractivity (Wildman–Crippen MR) is 176 cm³/mol. The van der Waals surface area contributed by atoms with E-state index in [-0.39, 0.29) is 24.7 Å². The van der Waals surface area contributed by atoms with Crippen molar-refractivity contribution in [3.05, 3.63) is 64.0 Å². The van der Waals surface area contributed by atoms with Crippen LogP contribution in [0.3, 0.4) is 0 Å². The minimum absolute atomic E-state index is 0.0401. The molecule has 0 radical (unpaired) electrons. The van der Waals surface area contributed by atoms with Crippen LogP contribution >= 0.6 is 0 Å². The van der Waals surface area contributed by atoms with Crippen molar-refractivity contribution in [1.82, 2.24) is 34.6 Å². The molecule has 6 heterocycles. The number of benzene rings is 1. The highest BCUT2D eigenvalue weighted by Gasteiger charge is 2.37. The monoisotopic (exact) mass is 622 g/mol. The highest BCUT2D eigenvalue weighted by Crippen LogP contribution is 2.41. The van der Waals surface area contributed by atoms with E-state index in [1.54, 1.807) is 21.9 Å². The molecule has 0 bridgehead atoms. The molecule has 7 rings (SSSR count). The second-order valence-corrected chi connectivity index (χ2v) is 13.4. The Morgan fingerprint density at radius 2 is 1.91 bits per heavy atom. The van der Waals surface area contributed by atoms with Crippen LogP contribution in [-0.4, -0.2) is 78.6 Å². The van der Waals surface area contributed by atoms with Gasteiger partial charge in [0.15, 0.2) is 5.65 Å². The molecule has 1 N–H and O–H groups in total. The minimum Gasteiger partial charge on any atom is -0.490 e. The van der Waals surface area contributed by atoms with E-state index in [0.717, 1.165) is 33.3 Å². The van der Waals surface area contributed by atoms with Crippen molar-refractivity contribution in [2.24, 2.45) is 0 Å². The number of hydrogen-bond acceptors (Lipinski definition) is 9. The van der Waals surface area contributed by atoms with E-state index in [0.29, 0.717) is 53.6 Å². The molecule has 0 saturated carbocycles. The molecule has 0 aliphatic carbocycles. The third-order valence-electron chi connectivity index (χ3n) is 8.64. The van der Waals surface area contributed by atoms with E-state index in [2.05, 4.69) is 33.9 Å². The number of carbonyl (C=O) groups is 1. The molecule has 2 aliphatic rings. The van der Waals surface area contributed by atoms with Crippen LogP contribution in [0.1, 0.15) is 57.4 Å². The summed E-state index contributed by atoms with van der Waals surface area (Å²) in [6.07, 6.45) is 3.19. The van der Waals surface area contributed by atoms with Crippen molar-refractivity contribution >= 4 is 33.8 Å². The molecule has 12 nitrogen and oxygen atoms in total. The standard InChI is InChI=1S/C34H38N8O4/c1-18(2)28-29(20(4)10-11-35-28)42-31-27-25(14-24(37-31)26-19(3)8-9-23-22(26)15-36-39-23)45-17-21-16-40(33(44)46-34(5,6)7)12-13-41(21)30(27)38-32(42)43/h8-11,14-15,18,21H,12-13,16-17H2,1-7H3,(H,36,39)/t21-/m0/s1. The Morgan fingerprint density at radius 3 is 2.67 bits per heavy atom. The Bertz CT molecular complexity index is 2080. The number of anilines is 1. The molecule has 1 fully saturated rings. The average molecular weight is 623 g/mol. The van der Waals surface area contributed by atoms with Gasteiger partial charge in [-0.15, -0.1) is 0 Å². The third-order valence-corrected chi connectivity index (χ3v) is 8.64. The van der Waals surface area contributed by atoms with Gasteiger partial charge in [-0.2, -0.15) is 10.1 Å². The summed E-state index contributed by atoms with van der Waals surface area (Å²) in [6.45, 7) is 15.2. The van der Waals surface area contributed by atoms with Gasteiger partial charge in [0.1, 0.15) is 29.2 Å². The number of piperazine rings is 1. The zero-order valence-corrected chi connectivity index (χ0v) is 27.2. The molecule has 46 heavy (non-hydrogen) atoms. The van der Waals surface area contributed by atoms with Crippen molar-refractivity contribution in [3.8, 4) is 22.7 Å². The number of aromatic nitrogens is 6. The maximum absolute atomic E-state index is 14.3. The molecule has 0 spiro atoms. The van der Waals surface area contributed by atoms with Gasteiger partial charge in [-0.1, -0.05) is 19.9 Å². The first-order valence-electron chi connectivity index (χ1n) is 15.7. The molecule has 5 aromatic rings. The molecule has 1 atom stereocenters. The van der Waals surface area contributed by atoms with Gasteiger partial charge in [-0.05, 0) is 63.8 Å². The number of amides is 1. The van der Waals surface area contributed by atoms with Crippen molar-refractivity contribution in [2.75, 3.05) is 31.1 Å². The van der Waals surface area contributed by atoms with Crippen LogP contribution in [0.2, 0.25) is 0 Å². The van der Waals surface area contributed by atoms with Crippen LogP contribution in [0.4, 0.5) is 10.6 Å². The number of rotatable bonds is 3. The SMILES string of the molecule is Cc1ccnc(C(C)C)c1-n1c(=O)nc2c3c(cc(-c4c(C)ccc5[nH]ncc45)nc31)OC[C@@H]1CN(C(=O)OC(C)(C)C)CCN21. The predicted octanol–water partition coefficient (Wildman–Crippen LogP) is 5.28. The fourth-order valence-corrected chi connectivity index (χ4v) is 6.53. The zero-order chi connectivity index (χ0) is 32.5. The van der Waals surface area contributed by atoms with Gasteiger partial charge in [0.2, 0.25) is 0 Å². The van der Waals surface area contributed by atoms with Gasteiger partial charge in [0, 0.05) is 42.8 Å². The van der Waals surface area contributed by atoms with Crippen molar-refractivity contribution in [3.63, 3.8) is 0 Å². The first-order valence-corrected chi connectivity index (χ1v) is 15.7. The molecular formula is C34H38N8O4. The summed E-state index contributed by atoms with van der Waals surface area (Å²) in [6, 6.07) is 7.59. The molecule has 1 saturated heterocycles. The maximum Gasteiger partial charge on any atom is 0.410 e. The van der Waals surface area contributed by atoms with Gasteiger partial charge in [0.25, 0.3) is 0 Å². The van der Waals surface area contributed by atoms with E-state index in [4.69, 9.17) is 19.4 Å². The highest BCUT2D eigenvalue weighted by molar-refractivity contribution is 6.00. The second-order valence-electron chi connectivity index (χ2n) is 13.4. The van der Waals surface area contributed by atoms with E-state index in [9.17, 15) is 9.59 Å². The normalized spacial score (nSPS) is 16.5. The Kier molecular flexibility index (Phi) is 6.98. The van der Waals surface area contributed by atoms with Crippen LogP contribution in [0.5, 0.6) is 5.75 Å². The first kappa shape index (κ1) is 29.7. The van der Waals surface area contributed by atoms with Gasteiger partial charge in [0.05, 0.1) is 34.8 Å². The molecular weight excluding hydrogens is 584 g/mol. The minimum atomic E-state index is -0.611. The number of carbonyl (C=O) groups excluding carboxylic acids is 1. The topological polar surface area (TPSA) is 131 Å². The van der Waals surface area contributed by atoms with Crippen LogP contribution in [0, 0.1) is 13.8 Å². The number of nitrogens with zero attached hydrogens (tertiary/aromatic N) is 7. The van der Waals surface area contributed by atoms with Gasteiger partial charge in [-0.25, -0.2) is 19.1 Å². The summed E-state index contributed by atoms with van der Waals surface area (Å²) >= 11 is 0. The van der Waals surface area contributed by atoms with E-state index in [1.807, 2.05) is 58.9 Å². The quantitative estimate of drug-likeness (QED) is 0.286. The summed E-state index contributed by atoms with van der Waals surface area (Å²) in [7, 11) is 0. The lowest BCUT2D eigenvalue weighted by Gasteiger charge is -2.41. The summed E-state index contributed by atoms with van der Waals surface area (Å²) in [4.78, 5) is 45.7. The van der Waals surface area contributed by atoms with Crippen LogP contribution < -0.4 is 15.3 Å². The molecule has 238 valence electrons. The summed E-state index contributed by atoms with van der Waals surface area (Å²) in [5.41, 5.74) is 5.15. The van der Waals surface area contributed by atoms with Crippen molar-refractivity contribution in [2.45, 2.75) is 66.0 Å². The largest absolute Gasteiger partial charge is 0.490 e. The Hall–Kier alpha value is -5.00. The number of ether oxygens (including phenoxy) is 2. The number of nitrogens with one attached hydrogen (secondary N) is 1. The van der Waals surface area contributed by atoms with Crippen LogP contribution in [0.25, 0.3) is 38.9 Å². The molecule has 2 aliphatic heterocycles. The van der Waals surface area contributed by atoms with Gasteiger partial charge >= 0.3 is 11.8 Å². The number of hydrogen-bond donors (Lipinski definition) is 1. The van der Waals surface area contributed by atoms with Crippen LogP contribution in [-0.2, 0) is 4.74 Å². The summed E-state index contributed by atoms with van der Waals surface area (Å²) in [5, 5.41) is 8.90. The second kappa shape index (κ2) is 10.8. The molecule has 4 aromatic heterocycles. The molecule has 1 aromatic carbocycles. The number of H-pyrrole nitrogens is 1. The lowest BCUT2D eigenvalue weighted by molar-refractivity contribution is 0.0202. The highest BCUT2D eigenvalue weighted by atomic mass is 16.6. The maximum atomic E-state index is 14.3.